The molecule has 7 nitrogen and oxygen atoms in total. The number of hydrogen-bond donors (Lipinski definition) is 0. The van der Waals surface area contributed by atoms with Crippen LogP contribution in [0.3, 0.4) is 0 Å². The molecule has 36 heavy (non-hydrogen) atoms. The third kappa shape index (κ3) is 7.05. The summed E-state index contributed by atoms with van der Waals surface area (Å²) in [7, 11) is 0. The summed E-state index contributed by atoms with van der Waals surface area (Å²) < 4.78 is 49.5. The first-order chi connectivity index (χ1) is 17.3. The number of carbonyl (C=O) groups is 1. The van der Waals surface area contributed by atoms with Gasteiger partial charge in [0.25, 0.3) is 5.91 Å². The number of carbonyl (C=O) groups excluding carboxylic acids is 1. The zero-order chi connectivity index (χ0) is 25.5. The van der Waals surface area contributed by atoms with E-state index in [2.05, 4.69) is 15.0 Å². The molecule has 0 bridgehead atoms. The van der Waals surface area contributed by atoms with E-state index >= 15 is 0 Å². The van der Waals surface area contributed by atoms with Crippen molar-refractivity contribution in [3.63, 3.8) is 0 Å². The maximum absolute atomic E-state index is 13.2. The van der Waals surface area contributed by atoms with Crippen LogP contribution < -0.4 is 0 Å². The third-order valence-corrected chi connectivity index (χ3v) is 6.13. The van der Waals surface area contributed by atoms with Gasteiger partial charge in [0, 0.05) is 55.3 Å². The van der Waals surface area contributed by atoms with Crippen LogP contribution in [-0.4, -0.2) is 71.8 Å². The van der Waals surface area contributed by atoms with E-state index in [9.17, 15) is 18.0 Å². The number of amides is 1. The van der Waals surface area contributed by atoms with Gasteiger partial charge >= 0.3 is 6.18 Å². The SMILES string of the molecule is O=C(c1ccc(C(F)(F)F)cc1)N(CCCN1CCOCC1)CCc1nc(-c2cccc(Cl)c2)no1. The van der Waals surface area contributed by atoms with Gasteiger partial charge in [-0.2, -0.15) is 18.2 Å². The normalized spacial score (nSPS) is 14.7. The molecule has 1 saturated heterocycles. The molecule has 0 atom stereocenters. The van der Waals surface area contributed by atoms with Gasteiger partial charge in [-0.15, -0.1) is 0 Å². The molecule has 1 amide bonds. The Morgan fingerprint density at radius 3 is 2.53 bits per heavy atom. The predicted octanol–water partition coefficient (Wildman–Crippen LogP) is 4.82. The standard InChI is InChI=1S/C25H26ClF3N4O3/c26-21-4-1-3-19(17-21)23-30-22(36-31-23)9-12-33(11-2-10-32-13-15-35-16-14-32)24(34)18-5-7-20(8-6-18)25(27,28)29/h1,3-8,17H,2,9-16H2. The summed E-state index contributed by atoms with van der Waals surface area (Å²) in [5.41, 5.74) is 0.109. The Kier molecular flexibility index (Phi) is 8.60. The van der Waals surface area contributed by atoms with Crippen LogP contribution in [0, 0.1) is 0 Å². The number of ether oxygens (including phenoxy) is 1. The molecule has 0 radical (unpaired) electrons. The highest BCUT2D eigenvalue weighted by atomic mass is 35.5. The fourth-order valence-electron chi connectivity index (χ4n) is 3.94. The number of alkyl halides is 3. The summed E-state index contributed by atoms with van der Waals surface area (Å²) >= 11 is 6.03. The summed E-state index contributed by atoms with van der Waals surface area (Å²) in [6, 6.07) is 11.3. The first-order valence-electron chi connectivity index (χ1n) is 11.6. The molecule has 0 N–H and O–H groups in total. The fourth-order valence-corrected chi connectivity index (χ4v) is 4.13. The number of morpholine rings is 1. The fraction of sp³-hybridized carbons (Fsp3) is 0.400. The van der Waals surface area contributed by atoms with E-state index in [4.69, 9.17) is 20.9 Å². The van der Waals surface area contributed by atoms with Gasteiger partial charge in [0.1, 0.15) is 0 Å². The highest BCUT2D eigenvalue weighted by molar-refractivity contribution is 6.30. The highest BCUT2D eigenvalue weighted by Gasteiger charge is 2.30. The maximum atomic E-state index is 13.2. The van der Waals surface area contributed by atoms with Crippen molar-refractivity contribution in [1.29, 1.82) is 0 Å². The summed E-state index contributed by atoms with van der Waals surface area (Å²) in [4.78, 5) is 21.5. The van der Waals surface area contributed by atoms with Gasteiger partial charge in [0.05, 0.1) is 18.8 Å². The second-order valence-electron chi connectivity index (χ2n) is 8.45. The Morgan fingerprint density at radius 2 is 1.83 bits per heavy atom. The van der Waals surface area contributed by atoms with Gasteiger partial charge in [-0.1, -0.05) is 28.9 Å². The van der Waals surface area contributed by atoms with Crippen LogP contribution in [0.2, 0.25) is 5.02 Å². The quantitative estimate of drug-likeness (QED) is 0.401. The molecule has 1 aromatic heterocycles. The molecular formula is C25H26ClF3N4O3. The molecule has 4 rings (SSSR count). The largest absolute Gasteiger partial charge is 0.416 e. The van der Waals surface area contributed by atoms with Crippen LogP contribution in [0.1, 0.15) is 28.2 Å². The van der Waals surface area contributed by atoms with Crippen LogP contribution >= 0.6 is 11.6 Å². The van der Waals surface area contributed by atoms with Crippen molar-refractivity contribution in [3.8, 4) is 11.4 Å². The number of rotatable bonds is 9. The topological polar surface area (TPSA) is 71.7 Å². The first-order valence-corrected chi connectivity index (χ1v) is 12.0. The van der Waals surface area contributed by atoms with Crippen LogP contribution in [-0.2, 0) is 17.3 Å². The van der Waals surface area contributed by atoms with Gasteiger partial charge in [0.2, 0.25) is 11.7 Å². The van der Waals surface area contributed by atoms with Crippen molar-refractivity contribution in [3.05, 3.63) is 70.6 Å². The molecule has 11 heteroatoms. The predicted molar refractivity (Wildman–Crippen MR) is 128 cm³/mol. The Bertz CT molecular complexity index is 1150. The zero-order valence-electron chi connectivity index (χ0n) is 19.5. The lowest BCUT2D eigenvalue weighted by atomic mass is 10.1. The van der Waals surface area contributed by atoms with E-state index in [1.165, 1.54) is 12.1 Å². The zero-order valence-corrected chi connectivity index (χ0v) is 20.3. The highest BCUT2D eigenvalue weighted by Crippen LogP contribution is 2.29. The van der Waals surface area contributed by atoms with Crippen LogP contribution in [0.4, 0.5) is 13.2 Å². The summed E-state index contributed by atoms with van der Waals surface area (Å²) in [5.74, 6) is 0.393. The van der Waals surface area contributed by atoms with Gasteiger partial charge < -0.3 is 14.2 Å². The summed E-state index contributed by atoms with van der Waals surface area (Å²) in [6.07, 6.45) is -3.44. The van der Waals surface area contributed by atoms with E-state index in [-0.39, 0.29) is 18.0 Å². The Morgan fingerprint density at radius 1 is 1.08 bits per heavy atom. The van der Waals surface area contributed by atoms with E-state index in [0.29, 0.717) is 54.9 Å². The molecule has 2 aromatic carbocycles. The van der Waals surface area contributed by atoms with Crippen molar-refractivity contribution >= 4 is 17.5 Å². The second kappa shape index (κ2) is 11.9. The molecule has 0 aliphatic carbocycles. The summed E-state index contributed by atoms with van der Waals surface area (Å²) in [6.45, 7) is 4.54. The Balaban J connectivity index is 1.43. The van der Waals surface area contributed by atoms with Crippen molar-refractivity contribution in [2.45, 2.75) is 19.0 Å². The van der Waals surface area contributed by atoms with E-state index in [0.717, 1.165) is 31.8 Å². The van der Waals surface area contributed by atoms with Crippen molar-refractivity contribution in [2.75, 3.05) is 45.9 Å². The number of hydrogen-bond acceptors (Lipinski definition) is 6. The lowest BCUT2D eigenvalue weighted by molar-refractivity contribution is -0.137. The van der Waals surface area contributed by atoms with Gasteiger partial charge in [-0.25, -0.2) is 0 Å². The van der Waals surface area contributed by atoms with Crippen LogP contribution in [0.15, 0.2) is 53.1 Å². The molecule has 0 spiro atoms. The maximum Gasteiger partial charge on any atom is 0.416 e. The van der Waals surface area contributed by atoms with E-state index in [1.54, 1.807) is 23.1 Å². The molecule has 2 heterocycles. The number of halogens is 4. The molecule has 0 saturated carbocycles. The second-order valence-corrected chi connectivity index (χ2v) is 8.88. The molecule has 0 unspecified atom stereocenters. The van der Waals surface area contributed by atoms with Gasteiger partial charge in [0.15, 0.2) is 0 Å². The molecular weight excluding hydrogens is 497 g/mol. The lowest BCUT2D eigenvalue weighted by Gasteiger charge is -2.28. The molecule has 3 aromatic rings. The average Bonchev–Trinajstić information content (AvgIpc) is 3.35. The molecule has 1 aliphatic heterocycles. The van der Waals surface area contributed by atoms with E-state index in [1.807, 2.05) is 6.07 Å². The average molecular weight is 523 g/mol. The van der Waals surface area contributed by atoms with Gasteiger partial charge in [-0.05, 0) is 42.8 Å². The Hall–Kier alpha value is -2.95. The van der Waals surface area contributed by atoms with Gasteiger partial charge in [-0.3, -0.25) is 9.69 Å². The van der Waals surface area contributed by atoms with Crippen LogP contribution in [0.5, 0.6) is 0 Å². The summed E-state index contributed by atoms with van der Waals surface area (Å²) in [5, 5.41) is 4.54. The number of aromatic nitrogens is 2. The van der Waals surface area contributed by atoms with Crippen LogP contribution in [0.25, 0.3) is 11.4 Å². The lowest BCUT2D eigenvalue weighted by Crippen LogP contribution is -2.39. The minimum Gasteiger partial charge on any atom is -0.379 e. The molecule has 1 aliphatic rings. The third-order valence-electron chi connectivity index (χ3n) is 5.90. The first kappa shape index (κ1) is 26.1. The smallest absolute Gasteiger partial charge is 0.379 e. The van der Waals surface area contributed by atoms with Crippen molar-refractivity contribution < 1.29 is 27.2 Å². The Labute approximate surface area is 211 Å². The number of benzene rings is 2. The number of nitrogens with zero attached hydrogens (tertiary/aromatic N) is 4. The minimum atomic E-state index is -4.46. The molecule has 1 fully saturated rings. The van der Waals surface area contributed by atoms with E-state index < -0.39 is 11.7 Å². The molecule has 192 valence electrons. The monoisotopic (exact) mass is 522 g/mol. The minimum absolute atomic E-state index is 0.194. The van der Waals surface area contributed by atoms with Crippen molar-refractivity contribution in [1.82, 2.24) is 19.9 Å². The van der Waals surface area contributed by atoms with Crippen molar-refractivity contribution in [2.24, 2.45) is 0 Å².